The van der Waals surface area contributed by atoms with Crippen molar-refractivity contribution in [3.63, 3.8) is 0 Å². The highest BCUT2D eigenvalue weighted by Crippen LogP contribution is 2.27. The number of nitrogens with one attached hydrogen (secondary N) is 1. The first-order valence-corrected chi connectivity index (χ1v) is 8.60. The second kappa shape index (κ2) is 6.82. The van der Waals surface area contributed by atoms with Crippen LogP contribution in [0.1, 0.15) is 46.0 Å². The van der Waals surface area contributed by atoms with E-state index in [1.54, 1.807) is 6.92 Å². The zero-order valence-electron chi connectivity index (χ0n) is 11.2. The van der Waals surface area contributed by atoms with E-state index in [1.807, 2.05) is 0 Å². The van der Waals surface area contributed by atoms with Crippen molar-refractivity contribution in [2.45, 2.75) is 51.2 Å². The van der Waals surface area contributed by atoms with Crippen molar-refractivity contribution >= 4 is 27.2 Å². The number of hydrogen-bond acceptors (Lipinski definition) is 3. The second-order valence-corrected chi connectivity index (χ2v) is 7.74. The molecule has 6 heteroatoms. The van der Waals surface area contributed by atoms with Gasteiger partial charge < -0.3 is 5.73 Å². The maximum atomic E-state index is 12.0. The number of nitrogens with two attached hydrogens (primary N) is 1. The molecule has 0 aromatic rings. The third kappa shape index (κ3) is 4.48. The van der Waals surface area contributed by atoms with Crippen molar-refractivity contribution < 1.29 is 8.42 Å². The minimum atomic E-state index is -3.40. The number of rotatable bonds is 6. The molecule has 0 saturated heterocycles. The van der Waals surface area contributed by atoms with Gasteiger partial charge in [0.15, 0.2) is 0 Å². The lowest BCUT2D eigenvalue weighted by Gasteiger charge is -2.26. The highest BCUT2D eigenvalue weighted by atomic mass is 32.2. The lowest BCUT2D eigenvalue weighted by Crippen LogP contribution is -2.43. The van der Waals surface area contributed by atoms with Crippen LogP contribution in [0.5, 0.6) is 0 Å². The van der Waals surface area contributed by atoms with Gasteiger partial charge in [-0.25, -0.2) is 13.1 Å². The fourth-order valence-corrected chi connectivity index (χ4v) is 4.40. The van der Waals surface area contributed by atoms with Gasteiger partial charge in [0.2, 0.25) is 10.0 Å². The van der Waals surface area contributed by atoms with Gasteiger partial charge >= 0.3 is 0 Å². The van der Waals surface area contributed by atoms with Crippen LogP contribution in [0.3, 0.4) is 0 Å². The Morgan fingerprint density at radius 2 is 1.94 bits per heavy atom. The quantitative estimate of drug-likeness (QED) is 0.732. The molecule has 0 aromatic heterocycles. The standard InChI is InChI=1S/C12H24N2O2S2/c1-3-11(12(13)17)18(15,16)14-8-10-6-4-9(2)5-7-10/h9-11,14H,3-8H2,1-2H3,(H2,13,17). The minimum Gasteiger partial charge on any atom is -0.392 e. The van der Waals surface area contributed by atoms with Gasteiger partial charge in [-0.1, -0.05) is 38.9 Å². The van der Waals surface area contributed by atoms with E-state index in [-0.39, 0.29) is 4.99 Å². The summed E-state index contributed by atoms with van der Waals surface area (Å²) in [5, 5.41) is -0.741. The van der Waals surface area contributed by atoms with Crippen molar-refractivity contribution in [2.24, 2.45) is 17.6 Å². The lowest BCUT2D eigenvalue weighted by atomic mass is 9.83. The molecule has 18 heavy (non-hydrogen) atoms. The Balaban J connectivity index is 2.49. The number of sulfonamides is 1. The molecule has 3 N–H and O–H groups in total. The van der Waals surface area contributed by atoms with E-state index >= 15 is 0 Å². The average molecular weight is 292 g/mol. The summed E-state index contributed by atoms with van der Waals surface area (Å²) in [6.45, 7) is 4.56. The van der Waals surface area contributed by atoms with E-state index in [0.29, 0.717) is 18.9 Å². The van der Waals surface area contributed by atoms with Crippen LogP contribution < -0.4 is 10.5 Å². The summed E-state index contributed by atoms with van der Waals surface area (Å²) < 4.78 is 26.7. The predicted octanol–water partition coefficient (Wildman–Crippen LogP) is 1.80. The topological polar surface area (TPSA) is 72.2 Å². The molecule has 1 aliphatic rings. The molecule has 4 nitrogen and oxygen atoms in total. The van der Waals surface area contributed by atoms with Crippen LogP contribution in [0.15, 0.2) is 0 Å². The van der Waals surface area contributed by atoms with Crippen LogP contribution in [0, 0.1) is 11.8 Å². The molecule has 1 aliphatic carbocycles. The summed E-state index contributed by atoms with van der Waals surface area (Å²) in [5.41, 5.74) is 5.47. The first-order valence-electron chi connectivity index (χ1n) is 6.64. The zero-order chi connectivity index (χ0) is 13.8. The van der Waals surface area contributed by atoms with E-state index in [0.717, 1.165) is 18.8 Å². The van der Waals surface area contributed by atoms with Gasteiger partial charge in [0.25, 0.3) is 0 Å². The van der Waals surface area contributed by atoms with Gasteiger partial charge in [0.05, 0.1) is 4.99 Å². The molecular weight excluding hydrogens is 268 g/mol. The summed E-state index contributed by atoms with van der Waals surface area (Å²) in [6.07, 6.45) is 5.02. The first-order chi connectivity index (χ1) is 8.36. The Labute approximate surface area is 116 Å². The van der Waals surface area contributed by atoms with Crippen molar-refractivity contribution in [1.29, 1.82) is 0 Å². The average Bonchev–Trinajstić information content (AvgIpc) is 2.28. The molecule has 106 valence electrons. The number of thiocarbonyl (C=S) groups is 1. The Hall–Kier alpha value is -0.200. The van der Waals surface area contributed by atoms with E-state index < -0.39 is 15.3 Å². The first kappa shape index (κ1) is 15.9. The van der Waals surface area contributed by atoms with Crippen molar-refractivity contribution in [3.8, 4) is 0 Å². The van der Waals surface area contributed by atoms with Crippen LogP contribution in [0.4, 0.5) is 0 Å². The molecule has 0 bridgehead atoms. The highest BCUT2D eigenvalue weighted by molar-refractivity contribution is 7.93. The van der Waals surface area contributed by atoms with E-state index in [4.69, 9.17) is 18.0 Å². The van der Waals surface area contributed by atoms with Gasteiger partial charge in [-0.05, 0) is 31.1 Å². The summed E-state index contributed by atoms with van der Waals surface area (Å²) in [5.74, 6) is 1.23. The third-order valence-electron chi connectivity index (χ3n) is 3.77. The van der Waals surface area contributed by atoms with Crippen molar-refractivity contribution in [2.75, 3.05) is 6.54 Å². The lowest BCUT2D eigenvalue weighted by molar-refractivity contribution is 0.290. The molecule has 0 aliphatic heterocycles. The van der Waals surface area contributed by atoms with Crippen LogP contribution in [0.2, 0.25) is 0 Å². The van der Waals surface area contributed by atoms with E-state index in [1.165, 1.54) is 12.8 Å². The molecular formula is C12H24N2O2S2. The number of hydrogen-bond donors (Lipinski definition) is 2. The second-order valence-electron chi connectivity index (χ2n) is 5.32. The molecule has 0 heterocycles. The SMILES string of the molecule is CCC(C(N)=S)S(=O)(=O)NCC1CCC(C)CC1. The zero-order valence-corrected chi connectivity index (χ0v) is 12.8. The van der Waals surface area contributed by atoms with Gasteiger partial charge in [0, 0.05) is 6.54 Å². The third-order valence-corrected chi connectivity index (χ3v) is 6.11. The van der Waals surface area contributed by atoms with E-state index in [2.05, 4.69) is 11.6 Å². The molecule has 0 aromatic carbocycles. The molecule has 1 unspecified atom stereocenters. The van der Waals surface area contributed by atoms with Crippen LogP contribution in [-0.4, -0.2) is 25.2 Å². The Morgan fingerprint density at radius 3 is 2.39 bits per heavy atom. The maximum absolute atomic E-state index is 12.0. The summed E-state index contributed by atoms with van der Waals surface area (Å²) in [4.78, 5) is 0.0577. The Bertz CT molecular complexity index is 374. The van der Waals surface area contributed by atoms with Crippen LogP contribution in [-0.2, 0) is 10.0 Å². The van der Waals surface area contributed by atoms with Crippen molar-refractivity contribution in [3.05, 3.63) is 0 Å². The molecule has 0 spiro atoms. The molecule has 1 rings (SSSR count). The van der Waals surface area contributed by atoms with Crippen molar-refractivity contribution in [1.82, 2.24) is 4.72 Å². The Kier molecular flexibility index (Phi) is 6.01. The summed E-state index contributed by atoms with van der Waals surface area (Å²) >= 11 is 4.81. The predicted molar refractivity (Wildman–Crippen MR) is 78.9 cm³/mol. The molecule has 1 atom stereocenters. The molecule has 1 saturated carbocycles. The highest BCUT2D eigenvalue weighted by Gasteiger charge is 2.27. The van der Waals surface area contributed by atoms with Gasteiger partial charge in [0.1, 0.15) is 5.25 Å². The fourth-order valence-electron chi connectivity index (χ4n) is 2.44. The largest absolute Gasteiger partial charge is 0.392 e. The summed E-state index contributed by atoms with van der Waals surface area (Å²) in [6, 6.07) is 0. The van der Waals surface area contributed by atoms with Gasteiger partial charge in [-0.15, -0.1) is 0 Å². The minimum absolute atomic E-state index is 0.0577. The van der Waals surface area contributed by atoms with Crippen LogP contribution >= 0.6 is 12.2 Å². The monoisotopic (exact) mass is 292 g/mol. The van der Waals surface area contributed by atoms with Crippen LogP contribution in [0.25, 0.3) is 0 Å². The maximum Gasteiger partial charge on any atom is 0.221 e. The smallest absolute Gasteiger partial charge is 0.221 e. The molecule has 1 fully saturated rings. The Morgan fingerprint density at radius 1 is 1.39 bits per heavy atom. The summed E-state index contributed by atoms with van der Waals surface area (Å²) in [7, 11) is -3.40. The fraction of sp³-hybridized carbons (Fsp3) is 0.917. The normalized spacial score (nSPS) is 26.8. The van der Waals surface area contributed by atoms with Gasteiger partial charge in [-0.3, -0.25) is 0 Å². The van der Waals surface area contributed by atoms with Gasteiger partial charge in [-0.2, -0.15) is 0 Å². The molecule has 0 amide bonds. The van der Waals surface area contributed by atoms with E-state index in [9.17, 15) is 8.42 Å². The molecule has 0 radical (unpaired) electrons.